The summed E-state index contributed by atoms with van der Waals surface area (Å²) in [5.41, 5.74) is 6.16. The quantitative estimate of drug-likeness (QED) is 0.663. The van der Waals surface area contributed by atoms with Gasteiger partial charge in [-0.2, -0.15) is 0 Å². The van der Waals surface area contributed by atoms with Crippen molar-refractivity contribution in [1.29, 1.82) is 0 Å². The van der Waals surface area contributed by atoms with Crippen molar-refractivity contribution >= 4 is 29.0 Å². The number of aromatic nitrogens is 2. The summed E-state index contributed by atoms with van der Waals surface area (Å²) in [7, 11) is 0. The Hall–Kier alpha value is -2.09. The second kappa shape index (κ2) is 5.91. The second-order valence-corrected chi connectivity index (χ2v) is 5.36. The van der Waals surface area contributed by atoms with Crippen molar-refractivity contribution in [1.82, 2.24) is 10.2 Å². The highest BCUT2D eigenvalue weighted by atomic mass is 32.2. The fourth-order valence-corrected chi connectivity index (χ4v) is 2.14. The standard InChI is InChI=1S/C12H13FN4O2S/c1-6(20-12-17-16-7(2)19-12)11(18)15-10-4-3-8(13)5-9(10)14/h3-6H,14H2,1-2H3,(H,15,18). The van der Waals surface area contributed by atoms with Gasteiger partial charge in [0.05, 0.1) is 16.6 Å². The molecule has 0 saturated heterocycles. The van der Waals surface area contributed by atoms with Gasteiger partial charge >= 0.3 is 0 Å². The Balaban J connectivity index is 2.00. The molecule has 2 aromatic rings. The second-order valence-electron chi connectivity index (χ2n) is 4.07. The van der Waals surface area contributed by atoms with E-state index < -0.39 is 11.1 Å². The minimum absolute atomic E-state index is 0.171. The van der Waals surface area contributed by atoms with E-state index in [4.69, 9.17) is 10.2 Å². The van der Waals surface area contributed by atoms with Crippen LogP contribution in [0.25, 0.3) is 0 Å². The molecule has 20 heavy (non-hydrogen) atoms. The molecule has 0 bridgehead atoms. The van der Waals surface area contributed by atoms with Crippen LogP contribution in [0.1, 0.15) is 12.8 Å². The third kappa shape index (κ3) is 3.47. The molecular formula is C12H13FN4O2S. The summed E-state index contributed by atoms with van der Waals surface area (Å²) in [6.45, 7) is 3.36. The summed E-state index contributed by atoms with van der Waals surface area (Å²) in [4.78, 5) is 12.0. The van der Waals surface area contributed by atoms with Crippen molar-refractivity contribution in [2.24, 2.45) is 0 Å². The Morgan fingerprint density at radius 1 is 1.50 bits per heavy atom. The highest BCUT2D eigenvalue weighted by Crippen LogP contribution is 2.24. The normalized spacial score (nSPS) is 12.2. The molecule has 0 fully saturated rings. The van der Waals surface area contributed by atoms with Crippen LogP contribution in [0.3, 0.4) is 0 Å². The number of aryl methyl sites for hydroxylation is 1. The van der Waals surface area contributed by atoms with Gasteiger partial charge in [-0.15, -0.1) is 10.2 Å². The molecule has 1 atom stereocenters. The van der Waals surface area contributed by atoms with Gasteiger partial charge in [-0.1, -0.05) is 11.8 Å². The van der Waals surface area contributed by atoms with Gasteiger partial charge in [-0.3, -0.25) is 4.79 Å². The SMILES string of the molecule is Cc1nnc(SC(C)C(=O)Nc2ccc(F)cc2N)o1. The molecule has 0 aliphatic heterocycles. The summed E-state index contributed by atoms with van der Waals surface area (Å²) in [5, 5.41) is 9.95. The van der Waals surface area contributed by atoms with E-state index in [1.807, 2.05) is 0 Å². The van der Waals surface area contributed by atoms with Crippen LogP contribution in [0.5, 0.6) is 0 Å². The smallest absolute Gasteiger partial charge is 0.277 e. The average Bonchev–Trinajstić information content (AvgIpc) is 2.78. The topological polar surface area (TPSA) is 94.0 Å². The summed E-state index contributed by atoms with van der Waals surface area (Å²) < 4.78 is 18.1. The number of nitrogens with one attached hydrogen (secondary N) is 1. The maximum absolute atomic E-state index is 12.9. The lowest BCUT2D eigenvalue weighted by atomic mass is 10.2. The van der Waals surface area contributed by atoms with E-state index in [0.29, 0.717) is 16.8 Å². The van der Waals surface area contributed by atoms with Crippen molar-refractivity contribution < 1.29 is 13.6 Å². The number of thioether (sulfide) groups is 1. The molecule has 3 N–H and O–H groups in total. The van der Waals surface area contributed by atoms with Crippen LogP contribution in [0.15, 0.2) is 27.8 Å². The first-order chi connectivity index (χ1) is 9.45. The molecule has 1 heterocycles. The van der Waals surface area contributed by atoms with Crippen LogP contribution in [-0.2, 0) is 4.79 Å². The molecule has 1 aromatic carbocycles. The van der Waals surface area contributed by atoms with E-state index >= 15 is 0 Å². The lowest BCUT2D eigenvalue weighted by molar-refractivity contribution is -0.115. The number of nitrogens with two attached hydrogens (primary N) is 1. The summed E-state index contributed by atoms with van der Waals surface area (Å²) >= 11 is 1.13. The number of amides is 1. The maximum atomic E-state index is 12.9. The fraction of sp³-hybridized carbons (Fsp3) is 0.250. The number of anilines is 2. The molecule has 8 heteroatoms. The highest BCUT2D eigenvalue weighted by Gasteiger charge is 2.18. The van der Waals surface area contributed by atoms with Crippen LogP contribution in [-0.4, -0.2) is 21.4 Å². The Bertz CT molecular complexity index is 632. The van der Waals surface area contributed by atoms with E-state index in [1.165, 1.54) is 12.1 Å². The van der Waals surface area contributed by atoms with Crippen molar-refractivity contribution in [3.8, 4) is 0 Å². The lowest BCUT2D eigenvalue weighted by Crippen LogP contribution is -2.23. The lowest BCUT2D eigenvalue weighted by Gasteiger charge is -2.11. The molecule has 6 nitrogen and oxygen atoms in total. The number of carbonyl (C=O) groups is 1. The van der Waals surface area contributed by atoms with Crippen LogP contribution >= 0.6 is 11.8 Å². The zero-order chi connectivity index (χ0) is 14.7. The highest BCUT2D eigenvalue weighted by molar-refractivity contribution is 8.00. The van der Waals surface area contributed by atoms with E-state index in [2.05, 4.69) is 15.5 Å². The van der Waals surface area contributed by atoms with Crippen molar-refractivity contribution in [3.63, 3.8) is 0 Å². The van der Waals surface area contributed by atoms with Gasteiger partial charge in [0.15, 0.2) is 0 Å². The fourth-order valence-electron chi connectivity index (χ4n) is 1.41. The average molecular weight is 296 g/mol. The number of hydrogen-bond donors (Lipinski definition) is 2. The molecule has 1 unspecified atom stereocenters. The minimum Gasteiger partial charge on any atom is -0.416 e. The van der Waals surface area contributed by atoms with Crippen LogP contribution in [0.4, 0.5) is 15.8 Å². The predicted octanol–water partition coefficient (Wildman–Crippen LogP) is 2.22. The third-order valence-electron chi connectivity index (χ3n) is 2.43. The first kappa shape index (κ1) is 14.3. The van der Waals surface area contributed by atoms with E-state index in [1.54, 1.807) is 13.8 Å². The number of nitrogen functional groups attached to an aromatic ring is 1. The summed E-state index contributed by atoms with van der Waals surface area (Å²) in [5.74, 6) is -0.309. The predicted molar refractivity (Wildman–Crippen MR) is 73.8 cm³/mol. The van der Waals surface area contributed by atoms with Crippen molar-refractivity contribution in [3.05, 3.63) is 29.9 Å². The molecule has 1 amide bonds. The Morgan fingerprint density at radius 3 is 2.85 bits per heavy atom. The number of hydrogen-bond acceptors (Lipinski definition) is 6. The van der Waals surface area contributed by atoms with E-state index in [0.717, 1.165) is 17.8 Å². The molecule has 106 valence electrons. The van der Waals surface area contributed by atoms with Crippen LogP contribution in [0, 0.1) is 12.7 Å². The zero-order valence-corrected chi connectivity index (χ0v) is 11.7. The van der Waals surface area contributed by atoms with Gasteiger partial charge in [0, 0.05) is 6.92 Å². The molecule has 2 rings (SSSR count). The van der Waals surface area contributed by atoms with Gasteiger partial charge < -0.3 is 15.5 Å². The van der Waals surface area contributed by atoms with Gasteiger partial charge in [0.25, 0.3) is 5.22 Å². The maximum Gasteiger partial charge on any atom is 0.277 e. The molecule has 0 aliphatic rings. The van der Waals surface area contributed by atoms with E-state index in [9.17, 15) is 9.18 Å². The molecule has 0 spiro atoms. The Morgan fingerprint density at radius 2 is 2.25 bits per heavy atom. The summed E-state index contributed by atoms with van der Waals surface area (Å²) in [6, 6.07) is 3.79. The van der Waals surface area contributed by atoms with Gasteiger partial charge in [0.2, 0.25) is 11.8 Å². The Labute approximate surface area is 118 Å². The first-order valence-electron chi connectivity index (χ1n) is 5.78. The largest absolute Gasteiger partial charge is 0.416 e. The number of carbonyl (C=O) groups excluding carboxylic acids is 1. The van der Waals surface area contributed by atoms with Gasteiger partial charge in [0.1, 0.15) is 5.82 Å². The first-order valence-corrected chi connectivity index (χ1v) is 6.66. The molecule has 1 aromatic heterocycles. The zero-order valence-electron chi connectivity index (χ0n) is 10.9. The van der Waals surface area contributed by atoms with Crippen molar-refractivity contribution in [2.75, 3.05) is 11.1 Å². The monoisotopic (exact) mass is 296 g/mol. The number of rotatable bonds is 4. The van der Waals surface area contributed by atoms with Gasteiger partial charge in [-0.25, -0.2) is 4.39 Å². The van der Waals surface area contributed by atoms with Crippen LogP contribution < -0.4 is 11.1 Å². The molecular weight excluding hydrogens is 283 g/mol. The number of nitrogens with zero attached hydrogens (tertiary/aromatic N) is 2. The minimum atomic E-state index is -0.459. The summed E-state index contributed by atoms with van der Waals surface area (Å²) in [6.07, 6.45) is 0. The Kier molecular flexibility index (Phi) is 4.23. The third-order valence-corrected chi connectivity index (χ3v) is 3.36. The number of benzene rings is 1. The molecule has 0 aliphatic carbocycles. The van der Waals surface area contributed by atoms with Crippen molar-refractivity contribution in [2.45, 2.75) is 24.3 Å². The van der Waals surface area contributed by atoms with Crippen LogP contribution in [0.2, 0.25) is 0 Å². The van der Waals surface area contributed by atoms with E-state index in [-0.39, 0.29) is 11.6 Å². The molecule has 0 radical (unpaired) electrons. The van der Waals surface area contributed by atoms with Gasteiger partial charge in [-0.05, 0) is 25.1 Å². The number of halogens is 1. The molecule has 0 saturated carbocycles.